The van der Waals surface area contributed by atoms with Gasteiger partial charge in [0, 0.05) is 54.4 Å². The monoisotopic (exact) mass is 453 g/mol. The highest BCUT2D eigenvalue weighted by molar-refractivity contribution is 7.90. The molecule has 3 aromatic heterocycles. The molecule has 0 aliphatic heterocycles. The summed E-state index contributed by atoms with van der Waals surface area (Å²) in [5, 5.41) is 0.559. The lowest BCUT2D eigenvalue weighted by Crippen LogP contribution is -2.27. The van der Waals surface area contributed by atoms with E-state index >= 15 is 0 Å². The summed E-state index contributed by atoms with van der Waals surface area (Å²) in [5.41, 5.74) is 2.01. The summed E-state index contributed by atoms with van der Waals surface area (Å²) in [6.07, 6.45) is 6.12. The third-order valence-electron chi connectivity index (χ3n) is 4.92. The summed E-state index contributed by atoms with van der Waals surface area (Å²) in [7, 11) is -2.66. The number of hydrogen-bond acceptors (Lipinski definition) is 8. The first-order valence-electron chi connectivity index (χ1n) is 9.48. The van der Waals surface area contributed by atoms with Crippen molar-refractivity contribution in [2.45, 2.75) is 13.8 Å². The number of pyridine rings is 1. The molecule has 0 aliphatic carbocycles. The van der Waals surface area contributed by atoms with Crippen molar-refractivity contribution in [2.75, 3.05) is 11.8 Å². The van der Waals surface area contributed by atoms with Crippen molar-refractivity contribution in [1.29, 1.82) is 0 Å². The van der Waals surface area contributed by atoms with Gasteiger partial charge in [0.15, 0.2) is 5.75 Å². The van der Waals surface area contributed by atoms with Crippen LogP contribution in [-0.2, 0) is 10.2 Å². The normalized spacial score (nSPS) is 11.5. The number of aromatic nitrogens is 3. The lowest BCUT2D eigenvalue weighted by molar-refractivity contribution is 0.442. The number of rotatable bonds is 6. The van der Waals surface area contributed by atoms with E-state index in [0.29, 0.717) is 27.6 Å². The molecule has 0 aliphatic rings. The zero-order valence-corrected chi connectivity index (χ0v) is 18.2. The number of benzene rings is 1. The molecule has 0 bridgehead atoms. The number of anilines is 1. The maximum absolute atomic E-state index is 12.5. The Morgan fingerprint density at radius 1 is 1.03 bits per heavy atom. The van der Waals surface area contributed by atoms with Gasteiger partial charge in [-0.25, -0.2) is 19.5 Å². The Morgan fingerprint density at radius 3 is 2.38 bits per heavy atom. The van der Waals surface area contributed by atoms with Crippen LogP contribution in [0.25, 0.3) is 22.1 Å². The Labute approximate surface area is 183 Å². The molecule has 0 saturated heterocycles. The molecular weight excluding hydrogens is 434 g/mol. The van der Waals surface area contributed by atoms with E-state index in [1.54, 1.807) is 44.4 Å². The van der Waals surface area contributed by atoms with E-state index in [0.717, 1.165) is 0 Å². The maximum Gasteiger partial charge on any atom is 0.339 e. The van der Waals surface area contributed by atoms with Gasteiger partial charge in [0.05, 0.1) is 0 Å². The first-order chi connectivity index (χ1) is 15.3. The second-order valence-corrected chi connectivity index (χ2v) is 8.44. The van der Waals surface area contributed by atoms with E-state index in [2.05, 4.69) is 24.4 Å². The van der Waals surface area contributed by atoms with Gasteiger partial charge in [0.1, 0.15) is 11.3 Å². The van der Waals surface area contributed by atoms with Crippen molar-refractivity contribution in [1.82, 2.24) is 19.7 Å². The largest absolute Gasteiger partial charge is 0.422 e. The van der Waals surface area contributed by atoms with Crippen LogP contribution in [0, 0.1) is 13.8 Å². The summed E-state index contributed by atoms with van der Waals surface area (Å²) in [4.78, 5) is 24.5. The molecule has 32 heavy (non-hydrogen) atoms. The predicted molar refractivity (Wildman–Crippen MR) is 119 cm³/mol. The lowest BCUT2D eigenvalue weighted by Gasteiger charge is -2.19. The molecule has 4 rings (SSSR count). The van der Waals surface area contributed by atoms with Gasteiger partial charge in [-0.15, -0.1) is 0 Å². The van der Waals surface area contributed by atoms with E-state index < -0.39 is 15.8 Å². The van der Waals surface area contributed by atoms with Crippen molar-refractivity contribution in [3.8, 4) is 22.9 Å². The van der Waals surface area contributed by atoms with E-state index in [9.17, 15) is 13.2 Å². The molecule has 0 spiro atoms. The summed E-state index contributed by atoms with van der Waals surface area (Å²) >= 11 is 0. The minimum absolute atomic E-state index is 0.0105. The highest BCUT2D eigenvalue weighted by Crippen LogP contribution is 2.44. The molecule has 0 amide bonds. The van der Waals surface area contributed by atoms with Crippen LogP contribution >= 0.6 is 0 Å². The topological polar surface area (TPSA) is 136 Å². The molecule has 2 N–H and O–H groups in total. The summed E-state index contributed by atoms with van der Waals surface area (Å²) in [6.45, 7) is 3.42. The fraction of sp³-hybridized carbons (Fsp3) is 0.143. The SMILES string of the molecule is CNS(=O)(=O)Nc1c(Oc2ncccn2)cc2oc(=O)c(C)c(C)c2c1-c1ccncc1. The first kappa shape index (κ1) is 21.4. The van der Waals surface area contributed by atoms with Gasteiger partial charge in [-0.2, -0.15) is 8.42 Å². The standard InChI is InChI=1S/C21H19N5O5S/c1-12-13(2)20(27)30-15-11-16(31-21-24-7-4-8-25-21)19(26-32(28,29)22-3)18(17(12)15)14-5-9-23-10-6-14/h4-11,22,26H,1-3H3. The van der Waals surface area contributed by atoms with Crippen LogP contribution in [0.1, 0.15) is 11.1 Å². The quantitative estimate of drug-likeness (QED) is 0.425. The van der Waals surface area contributed by atoms with Gasteiger partial charge < -0.3 is 9.15 Å². The third-order valence-corrected chi connectivity index (χ3v) is 5.93. The van der Waals surface area contributed by atoms with Gasteiger partial charge >= 0.3 is 11.6 Å². The average Bonchev–Trinajstić information content (AvgIpc) is 2.79. The van der Waals surface area contributed by atoms with Crippen molar-refractivity contribution in [3.05, 3.63) is 70.6 Å². The Hall–Kier alpha value is -3.83. The van der Waals surface area contributed by atoms with Crippen LogP contribution < -0.4 is 19.8 Å². The maximum atomic E-state index is 12.5. The molecule has 3 heterocycles. The second kappa shape index (κ2) is 8.36. The van der Waals surface area contributed by atoms with Crippen LogP contribution in [0.15, 0.2) is 58.3 Å². The van der Waals surface area contributed by atoms with Crippen LogP contribution in [0.2, 0.25) is 0 Å². The molecule has 0 fully saturated rings. The molecular formula is C21H19N5O5S. The van der Waals surface area contributed by atoms with E-state index in [1.165, 1.54) is 25.5 Å². The van der Waals surface area contributed by atoms with Crippen LogP contribution in [0.5, 0.6) is 11.8 Å². The first-order valence-corrected chi connectivity index (χ1v) is 11.0. The third kappa shape index (κ3) is 4.03. The molecule has 11 heteroatoms. The number of nitrogens with one attached hydrogen (secondary N) is 2. The van der Waals surface area contributed by atoms with Crippen LogP contribution in [0.3, 0.4) is 0 Å². The fourth-order valence-electron chi connectivity index (χ4n) is 3.22. The Kier molecular flexibility index (Phi) is 5.59. The fourth-order valence-corrected chi connectivity index (χ4v) is 3.79. The van der Waals surface area contributed by atoms with Crippen molar-refractivity contribution in [3.63, 3.8) is 0 Å². The van der Waals surface area contributed by atoms with Crippen LogP contribution in [-0.4, -0.2) is 30.4 Å². The van der Waals surface area contributed by atoms with Gasteiger partial charge in [0.25, 0.3) is 10.2 Å². The van der Waals surface area contributed by atoms with Gasteiger partial charge in [-0.05, 0) is 43.2 Å². The number of hydrogen-bond donors (Lipinski definition) is 2. The predicted octanol–water partition coefficient (Wildman–Crippen LogP) is 2.93. The smallest absolute Gasteiger partial charge is 0.339 e. The molecule has 0 unspecified atom stereocenters. The van der Waals surface area contributed by atoms with Gasteiger partial charge in [0.2, 0.25) is 0 Å². The molecule has 0 saturated carbocycles. The molecule has 0 radical (unpaired) electrons. The number of ether oxygens (including phenoxy) is 1. The van der Waals surface area contributed by atoms with Crippen molar-refractivity contribution < 1.29 is 17.6 Å². The van der Waals surface area contributed by atoms with Crippen molar-refractivity contribution in [2.24, 2.45) is 0 Å². The molecule has 0 atom stereocenters. The molecule has 10 nitrogen and oxygen atoms in total. The number of aryl methyl sites for hydroxylation is 1. The minimum Gasteiger partial charge on any atom is -0.422 e. The Morgan fingerprint density at radius 2 is 1.72 bits per heavy atom. The molecule has 4 aromatic rings. The van der Waals surface area contributed by atoms with Gasteiger partial charge in [-0.3, -0.25) is 9.71 Å². The Bertz CT molecular complexity index is 1460. The number of nitrogens with zero attached hydrogens (tertiary/aromatic N) is 3. The molecule has 1 aromatic carbocycles. The second-order valence-electron chi connectivity index (χ2n) is 6.82. The van der Waals surface area contributed by atoms with E-state index in [1.807, 2.05) is 0 Å². The average molecular weight is 453 g/mol. The summed E-state index contributed by atoms with van der Waals surface area (Å²) in [5.74, 6) is 0.0562. The summed E-state index contributed by atoms with van der Waals surface area (Å²) < 4.78 is 41.1. The zero-order valence-electron chi connectivity index (χ0n) is 17.4. The highest BCUT2D eigenvalue weighted by atomic mass is 32.2. The molecule has 164 valence electrons. The zero-order chi connectivity index (χ0) is 22.9. The minimum atomic E-state index is -3.95. The Balaban J connectivity index is 2.14. The van der Waals surface area contributed by atoms with E-state index in [4.69, 9.17) is 9.15 Å². The van der Waals surface area contributed by atoms with Crippen molar-refractivity contribution >= 4 is 26.9 Å². The van der Waals surface area contributed by atoms with Crippen LogP contribution in [0.4, 0.5) is 5.69 Å². The van der Waals surface area contributed by atoms with Gasteiger partial charge in [-0.1, -0.05) is 0 Å². The number of fused-ring (bicyclic) bond motifs is 1. The highest BCUT2D eigenvalue weighted by Gasteiger charge is 2.24. The van der Waals surface area contributed by atoms with E-state index in [-0.39, 0.29) is 23.0 Å². The lowest BCUT2D eigenvalue weighted by atomic mass is 9.95. The summed E-state index contributed by atoms with van der Waals surface area (Å²) in [6, 6.07) is 6.48.